The van der Waals surface area contributed by atoms with Gasteiger partial charge in [0.1, 0.15) is 5.01 Å². The second-order valence-electron chi connectivity index (χ2n) is 5.95. The van der Waals surface area contributed by atoms with Crippen molar-refractivity contribution in [1.82, 2.24) is 20.0 Å². The van der Waals surface area contributed by atoms with Gasteiger partial charge < -0.3 is 9.80 Å². The summed E-state index contributed by atoms with van der Waals surface area (Å²) in [7, 11) is 0. The lowest BCUT2D eigenvalue weighted by molar-refractivity contribution is -0.128. The van der Waals surface area contributed by atoms with Crippen molar-refractivity contribution < 1.29 is 9.59 Å². The van der Waals surface area contributed by atoms with E-state index in [1.54, 1.807) is 0 Å². The Morgan fingerprint density at radius 1 is 1.36 bits per heavy atom. The Morgan fingerprint density at radius 2 is 2.23 bits per heavy atom. The van der Waals surface area contributed by atoms with Gasteiger partial charge in [0, 0.05) is 32.6 Å². The second-order valence-corrected chi connectivity index (χ2v) is 7.14. The van der Waals surface area contributed by atoms with Crippen molar-refractivity contribution in [3.63, 3.8) is 0 Å². The molecule has 120 valence electrons. The van der Waals surface area contributed by atoms with Crippen molar-refractivity contribution in [2.45, 2.75) is 32.6 Å². The van der Waals surface area contributed by atoms with E-state index in [1.165, 1.54) is 11.3 Å². The molecule has 22 heavy (non-hydrogen) atoms. The van der Waals surface area contributed by atoms with E-state index in [9.17, 15) is 9.59 Å². The van der Waals surface area contributed by atoms with Gasteiger partial charge in [-0.05, 0) is 32.1 Å². The van der Waals surface area contributed by atoms with Crippen LogP contribution < -0.4 is 5.32 Å². The zero-order valence-corrected chi connectivity index (χ0v) is 13.6. The number of nitrogens with one attached hydrogen (secondary N) is 1. The van der Waals surface area contributed by atoms with Crippen molar-refractivity contribution in [3.05, 3.63) is 5.01 Å². The summed E-state index contributed by atoms with van der Waals surface area (Å²) in [6.45, 7) is 4.96. The molecule has 3 amide bonds. The highest BCUT2D eigenvalue weighted by Crippen LogP contribution is 2.22. The minimum absolute atomic E-state index is 0.117. The average molecular weight is 323 g/mol. The summed E-state index contributed by atoms with van der Waals surface area (Å²) in [4.78, 5) is 27.8. The number of hydrogen-bond donors (Lipinski definition) is 1. The van der Waals surface area contributed by atoms with Crippen LogP contribution in [-0.4, -0.2) is 58.1 Å². The van der Waals surface area contributed by atoms with Gasteiger partial charge in [0.15, 0.2) is 0 Å². The number of carbonyl (C=O) groups is 2. The van der Waals surface area contributed by atoms with E-state index >= 15 is 0 Å². The van der Waals surface area contributed by atoms with Gasteiger partial charge in [0.2, 0.25) is 11.0 Å². The minimum atomic E-state index is -0.117. The molecule has 0 aromatic carbocycles. The van der Waals surface area contributed by atoms with Crippen LogP contribution in [0.1, 0.15) is 30.7 Å². The summed E-state index contributed by atoms with van der Waals surface area (Å²) in [5, 5.41) is 12.0. The highest BCUT2D eigenvalue weighted by atomic mass is 32.1. The molecule has 1 aromatic rings. The fourth-order valence-electron chi connectivity index (χ4n) is 3.12. The van der Waals surface area contributed by atoms with Gasteiger partial charge in [-0.2, -0.15) is 0 Å². The number of carbonyl (C=O) groups excluding carboxylic acids is 2. The first-order valence-electron chi connectivity index (χ1n) is 7.75. The number of anilines is 1. The number of likely N-dealkylation sites (tertiary alicyclic amines) is 2. The maximum absolute atomic E-state index is 12.3. The Labute approximate surface area is 133 Å². The summed E-state index contributed by atoms with van der Waals surface area (Å²) in [5.41, 5.74) is 0. The summed E-state index contributed by atoms with van der Waals surface area (Å²) in [6.07, 6.45) is 3.69. The highest BCUT2D eigenvalue weighted by Gasteiger charge is 2.28. The third-order valence-corrected chi connectivity index (χ3v) is 4.95. The van der Waals surface area contributed by atoms with Crippen LogP contribution in [0.15, 0.2) is 0 Å². The average Bonchev–Trinajstić information content (AvgIpc) is 3.08. The molecule has 1 aromatic heterocycles. The molecule has 0 spiro atoms. The zero-order valence-electron chi connectivity index (χ0n) is 12.7. The van der Waals surface area contributed by atoms with Crippen molar-refractivity contribution >= 4 is 28.4 Å². The van der Waals surface area contributed by atoms with E-state index < -0.39 is 0 Å². The lowest BCUT2D eigenvalue weighted by Crippen LogP contribution is -2.45. The fraction of sp³-hybridized carbons (Fsp3) is 0.714. The molecule has 8 heteroatoms. The van der Waals surface area contributed by atoms with Crippen molar-refractivity contribution in [2.24, 2.45) is 5.92 Å². The Kier molecular flexibility index (Phi) is 4.56. The third-order valence-electron chi connectivity index (χ3n) is 4.20. The van der Waals surface area contributed by atoms with E-state index in [2.05, 4.69) is 15.5 Å². The molecule has 2 saturated heterocycles. The predicted molar refractivity (Wildman–Crippen MR) is 83.8 cm³/mol. The van der Waals surface area contributed by atoms with Crippen molar-refractivity contribution in [1.29, 1.82) is 0 Å². The van der Waals surface area contributed by atoms with Gasteiger partial charge in [0.25, 0.3) is 0 Å². The fourth-order valence-corrected chi connectivity index (χ4v) is 3.71. The highest BCUT2D eigenvalue weighted by molar-refractivity contribution is 7.15. The SMILES string of the molecule is Cc1nnc(NC(=O)N2CCCC(CN3CCCC3=O)C2)s1. The van der Waals surface area contributed by atoms with Crippen LogP contribution in [-0.2, 0) is 4.79 Å². The molecule has 2 fully saturated rings. The first-order valence-corrected chi connectivity index (χ1v) is 8.57. The van der Waals surface area contributed by atoms with Gasteiger partial charge >= 0.3 is 6.03 Å². The number of amides is 3. The number of aromatic nitrogens is 2. The quantitative estimate of drug-likeness (QED) is 0.918. The summed E-state index contributed by atoms with van der Waals surface area (Å²) < 4.78 is 0. The molecule has 3 rings (SSSR count). The lowest BCUT2D eigenvalue weighted by Gasteiger charge is -2.34. The second kappa shape index (κ2) is 6.60. The van der Waals surface area contributed by atoms with E-state index in [1.807, 2.05) is 16.7 Å². The van der Waals surface area contributed by atoms with Crippen LogP contribution in [0.2, 0.25) is 0 Å². The number of piperidine rings is 1. The van der Waals surface area contributed by atoms with Crippen molar-refractivity contribution in [3.8, 4) is 0 Å². The zero-order chi connectivity index (χ0) is 15.5. The Morgan fingerprint density at radius 3 is 2.91 bits per heavy atom. The molecule has 7 nitrogen and oxygen atoms in total. The molecule has 1 unspecified atom stereocenters. The third kappa shape index (κ3) is 3.55. The maximum Gasteiger partial charge on any atom is 0.323 e. The predicted octanol–water partition coefficient (Wildman–Crippen LogP) is 1.71. The number of urea groups is 1. The number of rotatable bonds is 3. The monoisotopic (exact) mass is 323 g/mol. The van der Waals surface area contributed by atoms with E-state index in [0.717, 1.165) is 43.9 Å². The summed E-state index contributed by atoms with van der Waals surface area (Å²) >= 11 is 1.37. The van der Waals surface area contributed by atoms with Gasteiger partial charge in [-0.1, -0.05) is 11.3 Å². The van der Waals surface area contributed by atoms with E-state index in [4.69, 9.17) is 0 Å². The largest absolute Gasteiger partial charge is 0.342 e. The molecule has 1 atom stereocenters. The number of hydrogen-bond acceptors (Lipinski definition) is 5. The van der Waals surface area contributed by atoms with E-state index in [0.29, 0.717) is 24.0 Å². The minimum Gasteiger partial charge on any atom is -0.342 e. The van der Waals surface area contributed by atoms with Crippen LogP contribution in [0, 0.1) is 12.8 Å². The normalized spacial score (nSPS) is 22.2. The maximum atomic E-state index is 12.3. The molecule has 1 N–H and O–H groups in total. The molecule has 3 heterocycles. The van der Waals surface area contributed by atoms with Crippen LogP contribution >= 0.6 is 11.3 Å². The van der Waals surface area contributed by atoms with Gasteiger partial charge in [-0.25, -0.2) is 4.79 Å². The van der Waals surface area contributed by atoms with Crippen LogP contribution in [0.4, 0.5) is 9.93 Å². The van der Waals surface area contributed by atoms with Gasteiger partial charge in [0.05, 0.1) is 0 Å². The molecule has 0 saturated carbocycles. The molecular weight excluding hydrogens is 302 g/mol. The summed E-state index contributed by atoms with van der Waals surface area (Å²) in [6, 6.07) is -0.117. The van der Waals surface area contributed by atoms with E-state index in [-0.39, 0.29) is 11.9 Å². The Bertz CT molecular complexity index is 561. The standard InChI is InChI=1S/C14H21N5O2S/c1-10-16-17-13(22-10)15-14(21)19-7-2-4-11(9-19)8-18-6-3-5-12(18)20/h11H,2-9H2,1H3,(H,15,17,21). The first kappa shape index (κ1) is 15.2. The van der Waals surface area contributed by atoms with Gasteiger partial charge in [-0.3, -0.25) is 10.1 Å². The van der Waals surface area contributed by atoms with Crippen LogP contribution in [0.25, 0.3) is 0 Å². The molecule has 2 aliphatic heterocycles. The lowest BCUT2D eigenvalue weighted by atomic mass is 9.98. The molecule has 0 aliphatic carbocycles. The number of aryl methyl sites for hydroxylation is 1. The topological polar surface area (TPSA) is 78.4 Å². The summed E-state index contributed by atoms with van der Waals surface area (Å²) in [5.74, 6) is 0.628. The Balaban J connectivity index is 1.53. The molecule has 2 aliphatic rings. The molecule has 0 radical (unpaired) electrons. The van der Waals surface area contributed by atoms with Crippen LogP contribution in [0.3, 0.4) is 0 Å². The number of nitrogens with zero attached hydrogens (tertiary/aromatic N) is 4. The molecular formula is C14H21N5O2S. The Hall–Kier alpha value is -1.70. The smallest absolute Gasteiger partial charge is 0.323 e. The van der Waals surface area contributed by atoms with Crippen LogP contribution in [0.5, 0.6) is 0 Å². The van der Waals surface area contributed by atoms with Crippen molar-refractivity contribution in [2.75, 3.05) is 31.5 Å². The molecule has 0 bridgehead atoms. The first-order chi connectivity index (χ1) is 10.6. The van der Waals surface area contributed by atoms with Gasteiger partial charge in [-0.15, -0.1) is 10.2 Å².